The first kappa shape index (κ1) is 15.7. The van der Waals surface area contributed by atoms with Gasteiger partial charge in [0.1, 0.15) is 11.9 Å². The normalized spacial score (nSPS) is 19.7. The van der Waals surface area contributed by atoms with Crippen LogP contribution in [-0.2, 0) is 16.8 Å². The molecule has 0 fully saturated rings. The second-order valence-electron chi connectivity index (χ2n) is 5.33. The van der Waals surface area contributed by atoms with Gasteiger partial charge in [-0.05, 0) is 23.9 Å². The van der Waals surface area contributed by atoms with Gasteiger partial charge in [-0.1, -0.05) is 0 Å². The first-order valence-corrected chi connectivity index (χ1v) is 8.10. The molecule has 2 aromatic heterocycles. The summed E-state index contributed by atoms with van der Waals surface area (Å²) in [4.78, 5) is 21.3. The maximum atomic E-state index is 12.1. The summed E-state index contributed by atoms with van der Waals surface area (Å²) in [6.45, 7) is 3.02. The van der Waals surface area contributed by atoms with E-state index in [1.807, 2.05) is 6.92 Å². The number of urea groups is 1. The van der Waals surface area contributed by atoms with Gasteiger partial charge >= 0.3 is 6.03 Å². The van der Waals surface area contributed by atoms with Crippen LogP contribution in [0, 0.1) is 0 Å². The quantitative estimate of drug-likeness (QED) is 0.895. The van der Waals surface area contributed by atoms with Crippen LogP contribution in [0.4, 0.5) is 10.6 Å². The fourth-order valence-electron chi connectivity index (χ4n) is 2.56. The molecule has 0 saturated carbocycles. The number of nitrogens with one attached hydrogen (secondary N) is 2. The Labute approximate surface area is 138 Å². The molecule has 7 nitrogen and oxygen atoms in total. The summed E-state index contributed by atoms with van der Waals surface area (Å²) < 4.78 is 11.0. The highest BCUT2D eigenvalue weighted by Gasteiger charge is 2.34. The molecule has 0 saturated heterocycles. The van der Waals surface area contributed by atoms with Crippen LogP contribution in [-0.4, -0.2) is 36.3 Å². The minimum atomic E-state index is -0.513. The molecular formula is C15H18N4O3S. The van der Waals surface area contributed by atoms with Crippen LogP contribution < -0.4 is 15.4 Å². The number of aromatic nitrogens is 2. The molecule has 0 aliphatic carbocycles. The Bertz CT molecular complexity index is 706. The van der Waals surface area contributed by atoms with E-state index in [-0.39, 0.29) is 6.03 Å². The largest absolute Gasteiger partial charge is 0.491 e. The molecule has 0 spiro atoms. The molecule has 0 unspecified atom stereocenters. The van der Waals surface area contributed by atoms with E-state index >= 15 is 0 Å². The average Bonchev–Trinajstić information content (AvgIpc) is 3.04. The van der Waals surface area contributed by atoms with E-state index in [9.17, 15) is 4.79 Å². The molecular weight excluding hydrogens is 316 g/mol. The number of anilines is 1. The molecule has 1 aliphatic heterocycles. The Morgan fingerprint density at radius 2 is 2.43 bits per heavy atom. The lowest BCUT2D eigenvalue weighted by Gasteiger charge is -2.34. The summed E-state index contributed by atoms with van der Waals surface area (Å²) in [5.74, 6) is 0.730. The van der Waals surface area contributed by atoms with Crippen molar-refractivity contribution in [2.24, 2.45) is 0 Å². The van der Waals surface area contributed by atoms with Crippen molar-refractivity contribution in [3.05, 3.63) is 34.4 Å². The molecule has 23 heavy (non-hydrogen) atoms. The zero-order valence-corrected chi connectivity index (χ0v) is 13.8. The van der Waals surface area contributed by atoms with Crippen molar-refractivity contribution in [3.8, 4) is 5.75 Å². The molecule has 3 rings (SSSR count). The maximum Gasteiger partial charge on any atom is 0.320 e. The zero-order chi connectivity index (χ0) is 16.3. The zero-order valence-electron chi connectivity index (χ0n) is 13.0. The molecule has 0 aromatic carbocycles. The van der Waals surface area contributed by atoms with Crippen molar-refractivity contribution in [3.63, 3.8) is 0 Å². The van der Waals surface area contributed by atoms with Gasteiger partial charge in [0.05, 0.1) is 26.5 Å². The number of hydrogen-bond donors (Lipinski definition) is 2. The summed E-state index contributed by atoms with van der Waals surface area (Å²) in [5.41, 5.74) is 0.634. The van der Waals surface area contributed by atoms with Crippen molar-refractivity contribution >= 4 is 23.2 Å². The van der Waals surface area contributed by atoms with E-state index in [1.165, 1.54) is 24.5 Å². The van der Waals surface area contributed by atoms with Gasteiger partial charge < -0.3 is 14.8 Å². The van der Waals surface area contributed by atoms with E-state index in [2.05, 4.69) is 32.0 Å². The predicted molar refractivity (Wildman–Crippen MR) is 86.9 cm³/mol. The van der Waals surface area contributed by atoms with Crippen molar-refractivity contribution in [1.82, 2.24) is 15.3 Å². The number of amides is 2. The second kappa shape index (κ2) is 6.51. The third-order valence-corrected chi connectivity index (χ3v) is 4.76. The van der Waals surface area contributed by atoms with Gasteiger partial charge in [-0.2, -0.15) is 0 Å². The van der Waals surface area contributed by atoms with Gasteiger partial charge in [0.15, 0.2) is 11.6 Å². The lowest BCUT2D eigenvalue weighted by Crippen LogP contribution is -2.44. The highest BCUT2D eigenvalue weighted by Crippen LogP contribution is 2.35. The molecule has 3 heterocycles. The molecule has 1 aliphatic rings. The number of methoxy groups -OCH3 is 1. The van der Waals surface area contributed by atoms with Gasteiger partial charge in [-0.15, -0.1) is 11.3 Å². The molecule has 0 bridgehead atoms. The molecule has 2 N–H and O–H groups in total. The number of thiophene rings is 1. The van der Waals surface area contributed by atoms with E-state index in [0.29, 0.717) is 24.7 Å². The lowest BCUT2D eigenvalue weighted by molar-refractivity contribution is -0.0416. The molecule has 8 heteroatoms. The number of ether oxygens (including phenoxy) is 2. The molecule has 122 valence electrons. The van der Waals surface area contributed by atoms with Crippen LogP contribution in [0.3, 0.4) is 0 Å². The van der Waals surface area contributed by atoms with Gasteiger partial charge in [-0.25, -0.2) is 14.8 Å². The topological polar surface area (TPSA) is 85.4 Å². The highest BCUT2D eigenvalue weighted by molar-refractivity contribution is 7.10. The third-order valence-electron chi connectivity index (χ3n) is 3.78. The number of rotatable bonds is 4. The minimum absolute atomic E-state index is 0.325. The summed E-state index contributed by atoms with van der Waals surface area (Å²) in [6, 6.07) is 1.70. The number of nitrogens with zero attached hydrogens (tertiary/aromatic N) is 2. The summed E-state index contributed by atoms with van der Waals surface area (Å²) in [5, 5.41) is 7.55. The van der Waals surface area contributed by atoms with Crippen molar-refractivity contribution in [2.45, 2.75) is 18.9 Å². The van der Waals surface area contributed by atoms with E-state index in [4.69, 9.17) is 9.47 Å². The molecule has 2 aromatic rings. The fourth-order valence-corrected chi connectivity index (χ4v) is 3.54. The van der Waals surface area contributed by atoms with Crippen LogP contribution in [0.15, 0.2) is 24.0 Å². The highest BCUT2D eigenvalue weighted by atomic mass is 32.1. The standard InChI is InChI=1S/C15H18N4O3S/c1-15(10-4-6-23-12(10)3-5-22-15)8-17-14(20)19-13-11(21-2)7-16-9-18-13/h4,6-7,9H,3,5,8H2,1-2H3,(H2,16,17,18,19,20)/t15-/m1/s1. The van der Waals surface area contributed by atoms with Gasteiger partial charge in [0.2, 0.25) is 0 Å². The van der Waals surface area contributed by atoms with Crippen molar-refractivity contribution in [1.29, 1.82) is 0 Å². The van der Waals surface area contributed by atoms with Crippen molar-refractivity contribution in [2.75, 3.05) is 25.6 Å². The Morgan fingerprint density at radius 3 is 3.26 bits per heavy atom. The third kappa shape index (κ3) is 3.27. The van der Waals surface area contributed by atoms with Crippen LogP contribution >= 0.6 is 11.3 Å². The van der Waals surface area contributed by atoms with Crippen LogP contribution in [0.2, 0.25) is 0 Å². The number of fused-ring (bicyclic) bond motifs is 1. The first-order chi connectivity index (χ1) is 11.1. The maximum absolute atomic E-state index is 12.1. The molecule has 0 radical (unpaired) electrons. The lowest BCUT2D eigenvalue weighted by atomic mass is 9.93. The number of carbonyl (C=O) groups is 1. The van der Waals surface area contributed by atoms with Gasteiger partial charge in [0, 0.05) is 11.3 Å². The molecule has 1 atom stereocenters. The van der Waals surface area contributed by atoms with Gasteiger partial charge in [0.25, 0.3) is 0 Å². The van der Waals surface area contributed by atoms with E-state index in [0.717, 1.165) is 12.0 Å². The molecule has 2 amide bonds. The second-order valence-corrected chi connectivity index (χ2v) is 6.33. The van der Waals surface area contributed by atoms with Crippen LogP contribution in [0.25, 0.3) is 0 Å². The summed E-state index contributed by atoms with van der Waals surface area (Å²) >= 11 is 1.73. The van der Waals surface area contributed by atoms with E-state index < -0.39 is 5.60 Å². The van der Waals surface area contributed by atoms with E-state index in [1.54, 1.807) is 11.3 Å². The van der Waals surface area contributed by atoms with Gasteiger partial charge in [-0.3, -0.25) is 5.32 Å². The Balaban J connectivity index is 1.64. The average molecular weight is 334 g/mol. The predicted octanol–water partition coefficient (Wildman–Crippen LogP) is 2.16. The Morgan fingerprint density at radius 1 is 1.57 bits per heavy atom. The summed E-state index contributed by atoms with van der Waals surface area (Å²) in [6.07, 6.45) is 3.76. The van der Waals surface area contributed by atoms with Crippen molar-refractivity contribution < 1.29 is 14.3 Å². The number of hydrogen-bond acceptors (Lipinski definition) is 6. The fraction of sp³-hybridized carbons (Fsp3) is 0.400. The monoisotopic (exact) mass is 334 g/mol. The summed E-state index contributed by atoms with van der Waals surface area (Å²) in [7, 11) is 1.50. The number of carbonyl (C=O) groups excluding carboxylic acids is 1. The van der Waals surface area contributed by atoms with Crippen LogP contribution in [0.5, 0.6) is 5.75 Å². The SMILES string of the molecule is COc1cncnc1NC(=O)NC[C@@]1(C)OCCc2sccc21. The minimum Gasteiger partial charge on any atom is -0.491 e. The first-order valence-electron chi connectivity index (χ1n) is 7.22. The smallest absolute Gasteiger partial charge is 0.320 e. The van der Waals surface area contributed by atoms with Crippen LogP contribution in [0.1, 0.15) is 17.4 Å². The Kier molecular flexibility index (Phi) is 4.44. The Hall–Kier alpha value is -2.19.